The van der Waals surface area contributed by atoms with Crippen LogP contribution in [0.15, 0.2) is 24.3 Å². The molecule has 1 fully saturated rings. The van der Waals surface area contributed by atoms with E-state index in [1.54, 1.807) is 0 Å². The van der Waals surface area contributed by atoms with Crippen LogP contribution in [0.3, 0.4) is 0 Å². The second-order valence-corrected chi connectivity index (χ2v) is 8.37. The van der Waals surface area contributed by atoms with E-state index in [1.165, 1.54) is 0 Å². The number of alkyl carbamates (subject to hydrolysis) is 1. The van der Waals surface area contributed by atoms with E-state index in [9.17, 15) is 4.79 Å². The smallest absolute Gasteiger partial charge is 0.444 e. The molecule has 26 heavy (non-hydrogen) atoms. The predicted molar refractivity (Wildman–Crippen MR) is 103 cm³/mol. The molecule has 0 radical (unpaired) electrons. The van der Waals surface area contributed by atoms with Gasteiger partial charge in [0.2, 0.25) is 0 Å². The van der Waals surface area contributed by atoms with E-state index in [4.69, 9.17) is 14.0 Å². The van der Waals surface area contributed by atoms with Gasteiger partial charge in [0.1, 0.15) is 5.60 Å². The second kappa shape index (κ2) is 7.34. The Morgan fingerprint density at radius 3 is 2.15 bits per heavy atom. The first-order chi connectivity index (χ1) is 11.9. The Labute approximate surface area is 156 Å². The lowest BCUT2D eigenvalue weighted by Gasteiger charge is -2.32. The molecule has 140 valence electrons. The summed E-state index contributed by atoms with van der Waals surface area (Å²) in [7, 11) is -0.379. The summed E-state index contributed by atoms with van der Waals surface area (Å²) in [6.45, 7) is 13.8. The van der Waals surface area contributed by atoms with Crippen LogP contribution in [0.1, 0.15) is 54.0 Å². The van der Waals surface area contributed by atoms with Crippen molar-refractivity contribution in [3.63, 3.8) is 0 Å². The van der Waals surface area contributed by atoms with E-state index in [0.29, 0.717) is 0 Å². The monoisotopic (exact) mass is 357 g/mol. The fourth-order valence-electron chi connectivity index (χ4n) is 2.28. The minimum Gasteiger partial charge on any atom is -0.444 e. The summed E-state index contributed by atoms with van der Waals surface area (Å²) in [4.78, 5) is 11.5. The molecule has 1 N–H and O–H groups in total. The highest BCUT2D eigenvalue weighted by molar-refractivity contribution is 6.62. The van der Waals surface area contributed by atoms with Crippen molar-refractivity contribution in [2.75, 3.05) is 6.54 Å². The summed E-state index contributed by atoms with van der Waals surface area (Å²) in [6.07, 6.45) is -0.470. The van der Waals surface area contributed by atoms with Crippen molar-refractivity contribution in [1.29, 1.82) is 0 Å². The van der Waals surface area contributed by atoms with Gasteiger partial charge in [0.05, 0.1) is 17.7 Å². The molecule has 0 saturated carbocycles. The molecule has 1 saturated heterocycles. The number of hydrogen-bond donors (Lipinski definition) is 1. The zero-order chi connectivity index (χ0) is 19.6. The van der Waals surface area contributed by atoms with Crippen LogP contribution >= 0.6 is 0 Å². The molecule has 1 aliphatic heterocycles. The summed E-state index contributed by atoms with van der Waals surface area (Å²) < 4.78 is 17.2. The topological polar surface area (TPSA) is 56.8 Å². The molecule has 1 amide bonds. The molecular formula is C20H28BNO4. The van der Waals surface area contributed by atoms with E-state index in [-0.39, 0.29) is 24.9 Å². The maximum atomic E-state index is 11.5. The average Bonchev–Trinajstić information content (AvgIpc) is 2.71. The van der Waals surface area contributed by atoms with Gasteiger partial charge < -0.3 is 19.4 Å². The van der Waals surface area contributed by atoms with Gasteiger partial charge in [-0.05, 0) is 66.1 Å². The lowest BCUT2D eigenvalue weighted by molar-refractivity contribution is 0.00578. The normalized spacial score (nSPS) is 18.0. The lowest BCUT2D eigenvalue weighted by Crippen LogP contribution is -2.41. The second-order valence-electron chi connectivity index (χ2n) is 8.37. The van der Waals surface area contributed by atoms with Crippen molar-refractivity contribution in [3.05, 3.63) is 29.8 Å². The van der Waals surface area contributed by atoms with Gasteiger partial charge in [-0.2, -0.15) is 0 Å². The molecule has 1 aliphatic rings. The highest BCUT2D eigenvalue weighted by Crippen LogP contribution is 2.36. The van der Waals surface area contributed by atoms with Crippen molar-refractivity contribution >= 4 is 18.7 Å². The van der Waals surface area contributed by atoms with E-state index in [1.807, 2.05) is 72.7 Å². The van der Waals surface area contributed by atoms with Crippen molar-refractivity contribution in [1.82, 2.24) is 5.32 Å². The molecule has 0 aliphatic carbocycles. The van der Waals surface area contributed by atoms with Crippen LogP contribution in [0.5, 0.6) is 0 Å². The van der Waals surface area contributed by atoms with Gasteiger partial charge in [-0.25, -0.2) is 4.79 Å². The number of hydrogen-bond acceptors (Lipinski definition) is 4. The molecule has 0 aromatic heterocycles. The summed E-state index contributed by atoms with van der Waals surface area (Å²) in [6, 6.07) is 7.74. The lowest BCUT2D eigenvalue weighted by atomic mass is 9.79. The van der Waals surface area contributed by atoms with Crippen molar-refractivity contribution < 1.29 is 18.8 Å². The largest absolute Gasteiger partial charge is 0.494 e. The quantitative estimate of drug-likeness (QED) is 0.653. The average molecular weight is 357 g/mol. The fraction of sp³-hybridized carbons (Fsp3) is 0.550. The fourth-order valence-corrected chi connectivity index (χ4v) is 2.28. The van der Waals surface area contributed by atoms with Crippen LogP contribution in [-0.2, 0) is 14.0 Å². The molecule has 1 heterocycles. The minimum atomic E-state index is -0.513. The maximum Gasteiger partial charge on any atom is 0.494 e. The Bertz CT molecular complexity index is 692. The first-order valence-electron chi connectivity index (χ1n) is 8.81. The van der Waals surface area contributed by atoms with Gasteiger partial charge in [-0.1, -0.05) is 24.0 Å². The maximum absolute atomic E-state index is 11.5. The Hall–Kier alpha value is -1.97. The number of rotatable bonds is 2. The Kier molecular flexibility index (Phi) is 5.74. The third-order valence-electron chi connectivity index (χ3n) is 4.39. The van der Waals surface area contributed by atoms with Crippen molar-refractivity contribution in [2.24, 2.45) is 0 Å². The molecule has 0 bridgehead atoms. The van der Waals surface area contributed by atoms with Gasteiger partial charge in [0.25, 0.3) is 0 Å². The van der Waals surface area contributed by atoms with E-state index >= 15 is 0 Å². The number of benzene rings is 1. The first-order valence-corrected chi connectivity index (χ1v) is 8.81. The van der Waals surface area contributed by atoms with Crippen LogP contribution in [0, 0.1) is 11.8 Å². The van der Waals surface area contributed by atoms with Crippen LogP contribution in [0.25, 0.3) is 0 Å². The zero-order valence-electron chi connectivity index (χ0n) is 16.7. The Morgan fingerprint density at radius 1 is 1.12 bits per heavy atom. The van der Waals surface area contributed by atoms with Crippen LogP contribution < -0.4 is 10.8 Å². The van der Waals surface area contributed by atoms with Crippen molar-refractivity contribution in [3.8, 4) is 11.8 Å². The SMILES string of the molecule is CC(C)(C)OC(=O)NCC#Cc1ccc(B2OC(C)(C)C(C)(C)O2)cc1. The number of ether oxygens (including phenoxy) is 1. The Morgan fingerprint density at radius 2 is 1.65 bits per heavy atom. The standard InChI is InChI=1S/C20H28BNO4/c1-18(2,3)24-17(23)22-14-8-9-15-10-12-16(13-11-15)21-25-19(4,5)20(6,7)26-21/h10-13H,14H2,1-7H3,(H,22,23). The summed E-state index contributed by atoms with van der Waals surface area (Å²) in [5.41, 5.74) is 0.589. The molecule has 5 nitrogen and oxygen atoms in total. The minimum absolute atomic E-state index is 0.230. The van der Waals surface area contributed by atoms with Crippen LogP contribution in [0.4, 0.5) is 4.79 Å². The number of amides is 1. The van der Waals surface area contributed by atoms with E-state index in [0.717, 1.165) is 11.0 Å². The van der Waals surface area contributed by atoms with E-state index < -0.39 is 11.7 Å². The third-order valence-corrected chi connectivity index (χ3v) is 4.39. The van der Waals surface area contributed by atoms with Gasteiger partial charge in [0.15, 0.2) is 0 Å². The molecule has 1 aromatic rings. The van der Waals surface area contributed by atoms with Gasteiger partial charge in [-0.3, -0.25) is 0 Å². The van der Waals surface area contributed by atoms with E-state index in [2.05, 4.69) is 17.2 Å². The van der Waals surface area contributed by atoms with Crippen LogP contribution in [-0.4, -0.2) is 36.6 Å². The predicted octanol–water partition coefficient (Wildman–Crippen LogP) is 2.86. The van der Waals surface area contributed by atoms with Gasteiger partial charge in [-0.15, -0.1) is 0 Å². The third kappa shape index (κ3) is 5.26. The number of carbonyl (C=O) groups is 1. The van der Waals surface area contributed by atoms with Gasteiger partial charge in [0, 0.05) is 5.56 Å². The molecule has 1 aromatic carbocycles. The first kappa shape index (κ1) is 20.3. The summed E-state index contributed by atoms with van der Waals surface area (Å²) in [5, 5.41) is 2.61. The van der Waals surface area contributed by atoms with Crippen LogP contribution in [0.2, 0.25) is 0 Å². The highest BCUT2D eigenvalue weighted by Gasteiger charge is 2.51. The zero-order valence-corrected chi connectivity index (χ0v) is 16.7. The molecule has 0 spiro atoms. The molecule has 0 atom stereocenters. The molecule has 2 rings (SSSR count). The van der Waals surface area contributed by atoms with Gasteiger partial charge >= 0.3 is 13.2 Å². The number of carbonyl (C=O) groups excluding carboxylic acids is 1. The highest BCUT2D eigenvalue weighted by atomic mass is 16.7. The summed E-state index contributed by atoms with van der Waals surface area (Å²) in [5.74, 6) is 5.92. The molecule has 6 heteroatoms. The molecule has 0 unspecified atom stereocenters. The number of nitrogens with one attached hydrogen (secondary N) is 1. The Balaban J connectivity index is 1.90. The van der Waals surface area contributed by atoms with Crippen molar-refractivity contribution in [2.45, 2.75) is 65.3 Å². The molecular weight excluding hydrogens is 329 g/mol. The summed E-state index contributed by atoms with van der Waals surface area (Å²) >= 11 is 0.